The summed E-state index contributed by atoms with van der Waals surface area (Å²) in [6.45, 7) is 2.56. The molecule has 1 saturated heterocycles. The van der Waals surface area contributed by atoms with Crippen molar-refractivity contribution < 1.29 is 9.53 Å². The molecule has 1 amide bonds. The molecule has 0 spiro atoms. The maximum atomic E-state index is 13.0. The van der Waals surface area contributed by atoms with E-state index < -0.39 is 0 Å². The number of nitrogens with zero attached hydrogens (tertiary/aromatic N) is 4. The maximum Gasteiger partial charge on any atom is 0.228 e. The van der Waals surface area contributed by atoms with Gasteiger partial charge in [-0.1, -0.05) is 12.1 Å². The van der Waals surface area contributed by atoms with Crippen LogP contribution in [0.5, 0.6) is 11.5 Å². The molecule has 2 aromatic heterocycles. The third-order valence-corrected chi connectivity index (χ3v) is 5.05. The van der Waals surface area contributed by atoms with Gasteiger partial charge >= 0.3 is 0 Å². The molecule has 0 bridgehead atoms. The van der Waals surface area contributed by atoms with Gasteiger partial charge in [0, 0.05) is 38.1 Å². The van der Waals surface area contributed by atoms with Crippen molar-refractivity contribution in [1.29, 1.82) is 0 Å². The van der Waals surface area contributed by atoms with E-state index in [4.69, 9.17) is 4.74 Å². The van der Waals surface area contributed by atoms with Gasteiger partial charge in [-0.25, -0.2) is 0 Å². The van der Waals surface area contributed by atoms with E-state index in [1.165, 1.54) is 5.56 Å². The van der Waals surface area contributed by atoms with Crippen molar-refractivity contribution in [2.75, 3.05) is 18.4 Å². The summed E-state index contributed by atoms with van der Waals surface area (Å²) in [5, 5.41) is 7.29. The summed E-state index contributed by atoms with van der Waals surface area (Å²) >= 11 is 0. The molecule has 29 heavy (non-hydrogen) atoms. The number of aromatic nitrogens is 3. The van der Waals surface area contributed by atoms with E-state index in [9.17, 15) is 4.79 Å². The summed E-state index contributed by atoms with van der Waals surface area (Å²) in [7, 11) is 1.92. The van der Waals surface area contributed by atoms with Crippen molar-refractivity contribution in [2.45, 2.75) is 19.4 Å². The van der Waals surface area contributed by atoms with Gasteiger partial charge in [-0.05, 0) is 43.7 Å². The highest BCUT2D eigenvalue weighted by Gasteiger charge is 2.26. The maximum absolute atomic E-state index is 13.0. The van der Waals surface area contributed by atoms with Gasteiger partial charge in [0.2, 0.25) is 5.91 Å². The van der Waals surface area contributed by atoms with Crippen LogP contribution in [0, 0.1) is 5.92 Å². The topological polar surface area (TPSA) is 72.3 Å². The van der Waals surface area contributed by atoms with Crippen LogP contribution in [0.3, 0.4) is 0 Å². The SMILES string of the molecule is Cn1cc(CN2CCC[C@H](C(=O)Nc3ccccc3Oc3cccnc3)C2)cn1. The molecule has 1 aromatic carbocycles. The van der Waals surface area contributed by atoms with E-state index in [2.05, 4.69) is 20.3 Å². The van der Waals surface area contributed by atoms with Crippen molar-refractivity contribution in [3.63, 3.8) is 0 Å². The smallest absolute Gasteiger partial charge is 0.228 e. The summed E-state index contributed by atoms with van der Waals surface area (Å²) in [5.41, 5.74) is 1.84. The lowest BCUT2D eigenvalue weighted by Gasteiger charge is -2.31. The first-order valence-electron chi connectivity index (χ1n) is 9.85. The Bertz CT molecular complexity index is 957. The monoisotopic (exact) mass is 391 g/mol. The lowest BCUT2D eigenvalue weighted by Crippen LogP contribution is -2.40. The number of likely N-dealkylation sites (tertiary alicyclic amines) is 1. The fourth-order valence-corrected chi connectivity index (χ4v) is 3.65. The summed E-state index contributed by atoms with van der Waals surface area (Å²) in [6, 6.07) is 11.1. The zero-order valence-electron chi connectivity index (χ0n) is 16.5. The highest BCUT2D eigenvalue weighted by atomic mass is 16.5. The predicted molar refractivity (Wildman–Crippen MR) is 111 cm³/mol. The van der Waals surface area contributed by atoms with Crippen LogP contribution in [0.2, 0.25) is 0 Å². The Balaban J connectivity index is 1.40. The molecule has 4 rings (SSSR count). The standard InChI is InChI=1S/C22H25N5O2/c1-26-14-17(12-24-26)15-27-11-5-6-18(16-27)22(28)25-20-8-2-3-9-21(20)29-19-7-4-10-23-13-19/h2-4,7-10,12-14,18H,5-6,11,15-16H2,1H3,(H,25,28)/t18-/m0/s1. The average molecular weight is 391 g/mol. The van der Waals surface area contributed by atoms with Gasteiger partial charge in [-0.15, -0.1) is 0 Å². The molecule has 150 valence electrons. The highest BCUT2D eigenvalue weighted by Crippen LogP contribution is 2.30. The van der Waals surface area contributed by atoms with E-state index in [1.54, 1.807) is 12.4 Å². The number of carbonyl (C=O) groups is 1. The molecule has 0 radical (unpaired) electrons. The minimum atomic E-state index is -0.0492. The van der Waals surface area contributed by atoms with Gasteiger partial charge in [0.1, 0.15) is 5.75 Å². The molecule has 7 heteroatoms. The Hall–Kier alpha value is -3.19. The second-order valence-electron chi connectivity index (χ2n) is 7.37. The molecule has 0 aliphatic carbocycles. The van der Waals surface area contributed by atoms with E-state index in [1.807, 2.05) is 60.5 Å². The number of hydrogen-bond acceptors (Lipinski definition) is 5. The number of piperidine rings is 1. The summed E-state index contributed by atoms with van der Waals surface area (Å²) in [5.74, 6) is 1.22. The zero-order valence-corrected chi connectivity index (χ0v) is 16.5. The first-order valence-corrected chi connectivity index (χ1v) is 9.85. The van der Waals surface area contributed by atoms with Crippen LogP contribution in [-0.2, 0) is 18.4 Å². The number of amides is 1. The summed E-state index contributed by atoms with van der Waals surface area (Å²) < 4.78 is 7.71. The predicted octanol–water partition coefficient (Wildman–Crippen LogP) is 3.46. The Labute approximate surface area is 170 Å². The van der Waals surface area contributed by atoms with Crippen molar-refractivity contribution in [1.82, 2.24) is 19.7 Å². The summed E-state index contributed by atoms with van der Waals surface area (Å²) in [6.07, 6.45) is 9.15. The number of carbonyl (C=O) groups excluding carboxylic acids is 1. The number of pyridine rings is 1. The van der Waals surface area contributed by atoms with Gasteiger partial charge in [-0.3, -0.25) is 19.4 Å². The third kappa shape index (κ3) is 5.00. The van der Waals surface area contributed by atoms with Crippen molar-refractivity contribution in [3.8, 4) is 11.5 Å². The van der Waals surface area contributed by atoms with Crippen LogP contribution >= 0.6 is 0 Å². The number of anilines is 1. The van der Waals surface area contributed by atoms with Crippen molar-refractivity contribution >= 4 is 11.6 Å². The molecule has 0 unspecified atom stereocenters. The first kappa shape index (κ1) is 19.1. The van der Waals surface area contributed by atoms with Crippen LogP contribution in [0.25, 0.3) is 0 Å². The van der Waals surface area contributed by atoms with Gasteiger partial charge in [0.05, 0.1) is 24.0 Å². The number of aryl methyl sites for hydroxylation is 1. The highest BCUT2D eigenvalue weighted by molar-refractivity contribution is 5.94. The van der Waals surface area contributed by atoms with Crippen LogP contribution in [0.1, 0.15) is 18.4 Å². The Morgan fingerprint density at radius 2 is 2.14 bits per heavy atom. The van der Waals surface area contributed by atoms with Gasteiger partial charge < -0.3 is 10.1 Å². The second kappa shape index (κ2) is 8.87. The molecule has 1 fully saturated rings. The number of nitrogens with one attached hydrogen (secondary N) is 1. The van der Waals surface area contributed by atoms with E-state index >= 15 is 0 Å². The minimum Gasteiger partial charge on any atom is -0.454 e. The Morgan fingerprint density at radius 3 is 2.93 bits per heavy atom. The second-order valence-corrected chi connectivity index (χ2v) is 7.37. The lowest BCUT2D eigenvalue weighted by molar-refractivity contribution is -0.121. The third-order valence-electron chi connectivity index (χ3n) is 5.05. The van der Waals surface area contributed by atoms with E-state index in [-0.39, 0.29) is 11.8 Å². The molecular formula is C22H25N5O2. The number of para-hydroxylation sites is 2. The first-order chi connectivity index (χ1) is 14.2. The largest absolute Gasteiger partial charge is 0.454 e. The average Bonchev–Trinajstić information content (AvgIpc) is 3.15. The molecule has 0 saturated carbocycles. The molecular weight excluding hydrogens is 366 g/mol. The fourth-order valence-electron chi connectivity index (χ4n) is 3.65. The molecule has 1 atom stereocenters. The van der Waals surface area contributed by atoms with Gasteiger partial charge in [0.15, 0.2) is 5.75 Å². The van der Waals surface area contributed by atoms with E-state index in [0.29, 0.717) is 17.2 Å². The molecule has 3 aromatic rings. The fraction of sp³-hybridized carbons (Fsp3) is 0.318. The number of rotatable bonds is 6. The number of ether oxygens (including phenoxy) is 1. The molecule has 3 heterocycles. The van der Waals surface area contributed by atoms with Gasteiger partial charge in [-0.2, -0.15) is 5.10 Å². The quantitative estimate of drug-likeness (QED) is 0.697. The molecule has 1 N–H and O–H groups in total. The van der Waals surface area contributed by atoms with Crippen LogP contribution in [-0.4, -0.2) is 38.7 Å². The molecule has 1 aliphatic rings. The van der Waals surface area contributed by atoms with Crippen LogP contribution in [0.15, 0.2) is 61.2 Å². The molecule has 1 aliphatic heterocycles. The minimum absolute atomic E-state index is 0.0307. The lowest BCUT2D eigenvalue weighted by atomic mass is 9.96. The van der Waals surface area contributed by atoms with Gasteiger partial charge in [0.25, 0.3) is 0 Å². The zero-order chi connectivity index (χ0) is 20.1. The molecule has 7 nitrogen and oxygen atoms in total. The van der Waals surface area contributed by atoms with Crippen molar-refractivity contribution in [2.24, 2.45) is 13.0 Å². The summed E-state index contributed by atoms with van der Waals surface area (Å²) in [4.78, 5) is 19.3. The van der Waals surface area contributed by atoms with Crippen LogP contribution < -0.4 is 10.1 Å². The number of benzene rings is 1. The van der Waals surface area contributed by atoms with Crippen molar-refractivity contribution in [3.05, 3.63) is 66.7 Å². The normalized spacial score (nSPS) is 17.1. The number of hydrogen-bond donors (Lipinski definition) is 1. The Morgan fingerprint density at radius 1 is 1.24 bits per heavy atom. The van der Waals surface area contributed by atoms with Crippen LogP contribution in [0.4, 0.5) is 5.69 Å². The Kier molecular flexibility index (Phi) is 5.86. The van der Waals surface area contributed by atoms with E-state index in [0.717, 1.165) is 32.5 Å².